The molecule has 0 aromatic carbocycles. The van der Waals surface area contributed by atoms with E-state index >= 15 is 0 Å². The van der Waals surface area contributed by atoms with Crippen molar-refractivity contribution in [3.05, 3.63) is 0 Å². The van der Waals surface area contributed by atoms with Gasteiger partial charge in [-0.1, -0.05) is 21.7 Å². The molecule has 0 amide bonds. The first-order valence-corrected chi connectivity index (χ1v) is 8.12. The summed E-state index contributed by atoms with van der Waals surface area (Å²) in [5, 5.41) is 6.23. The Bertz CT molecular complexity index is 606. The summed E-state index contributed by atoms with van der Waals surface area (Å²) in [5.41, 5.74) is 0. The minimum Gasteiger partial charge on any atom is -0.200 e. The molecule has 16 nitrogen and oxygen atoms in total. The fourth-order valence-electron chi connectivity index (χ4n) is 0.235. The number of thiol groups is 2. The van der Waals surface area contributed by atoms with Gasteiger partial charge in [-0.05, 0) is 14.4 Å². The van der Waals surface area contributed by atoms with Crippen LogP contribution in [-0.4, -0.2) is 33.7 Å². The van der Waals surface area contributed by atoms with E-state index in [0.29, 0.717) is 0 Å². The van der Waals surface area contributed by atoms with Gasteiger partial charge >= 0.3 is 20.8 Å². The maximum Gasteiger partial charge on any atom is 0.456 e. The maximum absolute atomic E-state index is 10.6. The lowest BCUT2D eigenvalue weighted by atomic mass is 14.4. The fourth-order valence-corrected chi connectivity index (χ4v) is 1.49. The molecule has 0 saturated heterocycles. The van der Waals surface area contributed by atoms with E-state index in [1.807, 2.05) is 0 Å². The van der Waals surface area contributed by atoms with Gasteiger partial charge < -0.3 is 0 Å². The van der Waals surface area contributed by atoms with E-state index in [1.165, 1.54) is 0 Å². The number of rotatable bonds is 11. The Morgan fingerprint density at radius 1 is 0.550 bits per heavy atom. The summed E-state index contributed by atoms with van der Waals surface area (Å²) in [6, 6.07) is 0. The zero-order valence-corrected chi connectivity index (χ0v) is 11.7. The van der Waals surface area contributed by atoms with E-state index < -0.39 is 42.8 Å². The third kappa shape index (κ3) is 11.3. The number of hydrogen-bond acceptors (Lipinski definition) is 16. The molecule has 0 aliphatic rings. The van der Waals surface area contributed by atoms with Gasteiger partial charge in [0, 0.05) is 0 Å². The second-order valence-corrected chi connectivity index (χ2v) is 5.19. The number of hydrogen-bond donors (Lipinski definition) is 2. The summed E-state index contributed by atoms with van der Waals surface area (Å²) in [6.07, 6.45) is 0. The summed E-state index contributed by atoms with van der Waals surface area (Å²) in [6.45, 7) is 0. The van der Waals surface area contributed by atoms with Gasteiger partial charge in [-0.15, -0.1) is 0 Å². The topological polar surface area (TPSA) is 210 Å². The maximum atomic E-state index is 10.6. The molecule has 0 radical (unpaired) electrons. The van der Waals surface area contributed by atoms with Crippen LogP contribution in [0.3, 0.4) is 0 Å². The standard InChI is InChI=1S/H2O16S4/c1-17(2)11-9-10-13-19(5,6)15-16-20(7,8)14-12-18(3)4/h17-18H. The Kier molecular flexibility index (Phi) is 8.47. The third-order valence-corrected chi connectivity index (χ3v) is 2.09. The highest BCUT2D eigenvalue weighted by atomic mass is 32.3. The second kappa shape index (κ2) is 8.70. The van der Waals surface area contributed by atoms with E-state index in [-0.39, 0.29) is 0 Å². The van der Waals surface area contributed by atoms with Gasteiger partial charge in [0.15, 0.2) is 0 Å². The van der Waals surface area contributed by atoms with Gasteiger partial charge in [0.25, 0.3) is 22.0 Å². The molecule has 20 heavy (non-hydrogen) atoms. The van der Waals surface area contributed by atoms with Crippen LogP contribution in [0, 0.1) is 0 Å². The van der Waals surface area contributed by atoms with Crippen molar-refractivity contribution in [2.75, 3.05) is 0 Å². The van der Waals surface area contributed by atoms with Crippen molar-refractivity contribution in [1.82, 2.24) is 0 Å². The molecule has 0 N–H and O–H groups in total. The molecule has 0 unspecified atom stereocenters. The molecule has 0 aliphatic carbocycles. The van der Waals surface area contributed by atoms with Crippen LogP contribution in [0.25, 0.3) is 0 Å². The molecule has 0 spiro atoms. The van der Waals surface area contributed by atoms with Crippen LogP contribution in [0.4, 0.5) is 0 Å². The average Bonchev–Trinajstić information content (AvgIpc) is 2.30. The summed E-state index contributed by atoms with van der Waals surface area (Å²) >= 11 is 0. The molecule has 122 valence electrons. The first-order chi connectivity index (χ1) is 9.04. The van der Waals surface area contributed by atoms with Gasteiger partial charge in [-0.2, -0.15) is 16.8 Å². The molecular weight excluding hydrogens is 384 g/mol. The summed E-state index contributed by atoms with van der Waals surface area (Å²) < 4.78 is 99.8. The SMILES string of the molecule is O=[SH](=O)OOOOS(=O)(=O)OOS(=O)(=O)OO[SH](=O)=O. The fraction of sp³-hybridized carbons (Fsp3) is 0. The summed E-state index contributed by atoms with van der Waals surface area (Å²) in [7, 11) is -18.1. The lowest BCUT2D eigenvalue weighted by Gasteiger charge is -2.01. The average molecular weight is 386 g/mol. The van der Waals surface area contributed by atoms with E-state index in [0.717, 1.165) is 0 Å². The third-order valence-electron chi connectivity index (χ3n) is 0.599. The molecule has 0 bridgehead atoms. The largest absolute Gasteiger partial charge is 0.456 e. The lowest BCUT2D eigenvalue weighted by molar-refractivity contribution is -0.576. The highest BCUT2D eigenvalue weighted by Gasteiger charge is 2.24. The molecule has 0 atom stereocenters. The van der Waals surface area contributed by atoms with E-state index in [1.54, 1.807) is 0 Å². The van der Waals surface area contributed by atoms with Crippen LogP contribution in [0.1, 0.15) is 0 Å². The van der Waals surface area contributed by atoms with Crippen molar-refractivity contribution in [2.24, 2.45) is 0 Å². The molecule has 0 aromatic rings. The highest BCUT2D eigenvalue weighted by Crippen LogP contribution is 2.05. The molecule has 0 aliphatic heterocycles. The Labute approximate surface area is 113 Å². The molecule has 0 rings (SSSR count). The van der Waals surface area contributed by atoms with Crippen LogP contribution in [0.5, 0.6) is 0 Å². The van der Waals surface area contributed by atoms with Crippen molar-refractivity contribution in [3.8, 4) is 0 Å². The smallest absolute Gasteiger partial charge is 0.200 e. The van der Waals surface area contributed by atoms with Crippen molar-refractivity contribution in [1.29, 1.82) is 0 Å². The van der Waals surface area contributed by atoms with Crippen LogP contribution in [-0.2, 0) is 78.8 Å². The molecule has 0 aromatic heterocycles. The summed E-state index contributed by atoms with van der Waals surface area (Å²) in [4.78, 5) is 0. The quantitative estimate of drug-likeness (QED) is 0.151. The van der Waals surface area contributed by atoms with Gasteiger partial charge in [0.1, 0.15) is 0 Å². The summed E-state index contributed by atoms with van der Waals surface area (Å²) in [5.74, 6) is 0. The van der Waals surface area contributed by atoms with Gasteiger partial charge in [-0.25, -0.2) is 16.8 Å². The first-order valence-electron chi connectivity index (χ1n) is 3.26. The van der Waals surface area contributed by atoms with Crippen molar-refractivity contribution in [3.63, 3.8) is 0 Å². The first kappa shape index (κ1) is 19.5. The zero-order chi connectivity index (χ0) is 15.8. The van der Waals surface area contributed by atoms with Crippen molar-refractivity contribution >= 4 is 42.8 Å². The van der Waals surface area contributed by atoms with Crippen LogP contribution in [0.15, 0.2) is 0 Å². The Morgan fingerprint density at radius 3 is 1.45 bits per heavy atom. The van der Waals surface area contributed by atoms with Crippen LogP contribution in [0.2, 0.25) is 0 Å². The van der Waals surface area contributed by atoms with Gasteiger partial charge in [0.2, 0.25) is 0 Å². The van der Waals surface area contributed by atoms with E-state index in [4.69, 9.17) is 0 Å². The van der Waals surface area contributed by atoms with Crippen molar-refractivity contribution < 1.29 is 69.8 Å². The molecule has 20 heteroatoms. The Morgan fingerprint density at radius 2 is 1.00 bits per heavy atom. The van der Waals surface area contributed by atoms with Gasteiger partial charge in [-0.3, -0.25) is 0 Å². The van der Waals surface area contributed by atoms with E-state index in [2.05, 4.69) is 36.1 Å². The van der Waals surface area contributed by atoms with Crippen LogP contribution < -0.4 is 0 Å². The lowest BCUT2D eigenvalue weighted by Crippen LogP contribution is -2.17. The molecule has 0 heterocycles. The highest BCUT2D eigenvalue weighted by molar-refractivity contribution is 7.84. The predicted molar refractivity (Wildman–Crippen MR) is 47.1 cm³/mol. The molecular formula is H2O16S4. The Balaban J connectivity index is 4.21. The Hall–Kier alpha value is -0.520. The molecule has 0 fully saturated rings. The van der Waals surface area contributed by atoms with Crippen LogP contribution >= 0.6 is 0 Å². The zero-order valence-electron chi connectivity index (χ0n) is 8.24. The second-order valence-electron chi connectivity index (χ2n) is 1.82. The normalized spacial score (nSPS) is 13.1. The van der Waals surface area contributed by atoms with Crippen molar-refractivity contribution in [2.45, 2.75) is 0 Å². The monoisotopic (exact) mass is 386 g/mol. The van der Waals surface area contributed by atoms with E-state index in [9.17, 15) is 33.7 Å². The van der Waals surface area contributed by atoms with Gasteiger partial charge in [0.05, 0.1) is 0 Å². The minimum atomic E-state index is -5.37. The minimum absolute atomic E-state index is 3.07. The molecule has 0 saturated carbocycles. The predicted octanol–water partition coefficient (Wildman–Crippen LogP) is -3.76.